The molecule has 0 atom stereocenters. The Morgan fingerprint density at radius 2 is 2.56 bits per heavy atom. The number of allylic oxidation sites excluding steroid dienone is 2. The van der Waals surface area contributed by atoms with Crippen LogP contribution >= 0.6 is 0 Å². The molecule has 0 aromatic carbocycles. The minimum absolute atomic E-state index is 0.128. The highest BCUT2D eigenvalue weighted by atomic mass is 16.1. The molecular formula is C7H8NO. The van der Waals surface area contributed by atoms with Crippen LogP contribution in [0, 0.1) is 6.92 Å². The number of rotatable bonds is 1. The van der Waals surface area contributed by atoms with E-state index < -0.39 is 0 Å². The van der Waals surface area contributed by atoms with Crippen molar-refractivity contribution in [2.24, 2.45) is 4.99 Å². The lowest BCUT2D eigenvalue weighted by molar-refractivity contribution is -0.113. The van der Waals surface area contributed by atoms with Crippen molar-refractivity contribution >= 4 is 12.0 Å². The summed E-state index contributed by atoms with van der Waals surface area (Å²) in [6.45, 7) is 3.61. The molecule has 0 fully saturated rings. The first-order chi connectivity index (χ1) is 4.33. The summed E-state index contributed by atoms with van der Waals surface area (Å²) < 4.78 is 0. The van der Waals surface area contributed by atoms with E-state index in [1.54, 1.807) is 12.3 Å². The Morgan fingerprint density at radius 1 is 1.78 bits per heavy atom. The molecule has 0 aromatic heterocycles. The van der Waals surface area contributed by atoms with Crippen molar-refractivity contribution in [1.82, 2.24) is 0 Å². The molecule has 47 valence electrons. The highest BCUT2D eigenvalue weighted by Gasteiger charge is 2.01. The van der Waals surface area contributed by atoms with Gasteiger partial charge in [0.25, 0.3) is 0 Å². The molecule has 0 bridgehead atoms. The molecule has 1 heterocycles. The standard InChI is InChI=1S/C7H8NO/c1-2-6-5-7(9)3-4-8-6/h4-5H,1-3H2. The zero-order valence-electron chi connectivity index (χ0n) is 5.13. The van der Waals surface area contributed by atoms with Crippen molar-refractivity contribution < 1.29 is 4.79 Å². The third-order valence-corrected chi connectivity index (χ3v) is 1.13. The van der Waals surface area contributed by atoms with Gasteiger partial charge in [0, 0.05) is 24.4 Å². The fraction of sp³-hybridized carbons (Fsp3) is 0.286. The van der Waals surface area contributed by atoms with Gasteiger partial charge in [-0.3, -0.25) is 9.79 Å². The fourth-order valence-electron chi connectivity index (χ4n) is 0.672. The lowest BCUT2D eigenvalue weighted by Crippen LogP contribution is -2.00. The second-order valence-electron chi connectivity index (χ2n) is 1.87. The summed E-state index contributed by atoms with van der Waals surface area (Å²) in [7, 11) is 0. The molecule has 1 rings (SSSR count). The number of aliphatic imine (C=N–C) groups is 1. The van der Waals surface area contributed by atoms with E-state index in [4.69, 9.17) is 0 Å². The van der Waals surface area contributed by atoms with Crippen LogP contribution in [0.2, 0.25) is 0 Å². The Bertz CT molecular complexity index is 179. The lowest BCUT2D eigenvalue weighted by atomic mass is 10.2. The molecule has 2 heteroatoms. The molecular weight excluding hydrogens is 114 g/mol. The zero-order chi connectivity index (χ0) is 6.69. The second kappa shape index (κ2) is 2.58. The monoisotopic (exact) mass is 122 g/mol. The first kappa shape index (κ1) is 6.20. The molecule has 0 aliphatic carbocycles. The Balaban J connectivity index is 2.70. The van der Waals surface area contributed by atoms with E-state index in [9.17, 15) is 4.79 Å². The van der Waals surface area contributed by atoms with Crippen molar-refractivity contribution in [2.45, 2.75) is 12.8 Å². The van der Waals surface area contributed by atoms with Crippen LogP contribution in [0.4, 0.5) is 0 Å². The third-order valence-electron chi connectivity index (χ3n) is 1.13. The van der Waals surface area contributed by atoms with E-state index in [-0.39, 0.29) is 5.78 Å². The summed E-state index contributed by atoms with van der Waals surface area (Å²) in [5, 5.41) is 0. The number of carbonyl (C=O) groups is 1. The third kappa shape index (κ3) is 1.49. The quantitative estimate of drug-likeness (QED) is 0.512. The summed E-state index contributed by atoms with van der Waals surface area (Å²) in [5.74, 6) is 0.128. The van der Waals surface area contributed by atoms with Crippen LogP contribution in [0.5, 0.6) is 0 Å². The van der Waals surface area contributed by atoms with E-state index >= 15 is 0 Å². The van der Waals surface area contributed by atoms with Crippen molar-refractivity contribution in [3.8, 4) is 0 Å². The van der Waals surface area contributed by atoms with Gasteiger partial charge in [0.15, 0.2) is 5.78 Å². The molecule has 2 nitrogen and oxygen atoms in total. The van der Waals surface area contributed by atoms with Crippen LogP contribution < -0.4 is 0 Å². The average Bonchev–Trinajstić information content (AvgIpc) is 1.88. The minimum atomic E-state index is 0.128. The molecule has 0 saturated carbocycles. The summed E-state index contributed by atoms with van der Waals surface area (Å²) in [6, 6.07) is 0. The van der Waals surface area contributed by atoms with Crippen LogP contribution in [-0.2, 0) is 4.79 Å². The number of hydrogen-bond acceptors (Lipinski definition) is 2. The number of ketones is 1. The lowest BCUT2D eigenvalue weighted by Gasteiger charge is -1.99. The first-order valence-electron chi connectivity index (χ1n) is 2.88. The zero-order valence-corrected chi connectivity index (χ0v) is 5.13. The van der Waals surface area contributed by atoms with E-state index in [2.05, 4.69) is 11.9 Å². The van der Waals surface area contributed by atoms with E-state index in [0.29, 0.717) is 12.8 Å². The predicted molar refractivity (Wildman–Crippen MR) is 36.2 cm³/mol. The SMILES string of the molecule is [CH2]CC1=CC(=O)CC=N1. The number of carbonyl (C=O) groups excluding carboxylic acids is 1. The van der Waals surface area contributed by atoms with Gasteiger partial charge in [-0.05, 0) is 13.3 Å². The second-order valence-corrected chi connectivity index (χ2v) is 1.87. The smallest absolute Gasteiger partial charge is 0.162 e. The Labute approximate surface area is 54.3 Å². The summed E-state index contributed by atoms with van der Waals surface area (Å²) >= 11 is 0. The Morgan fingerprint density at radius 3 is 3.00 bits per heavy atom. The Kier molecular flexibility index (Phi) is 1.78. The topological polar surface area (TPSA) is 29.4 Å². The average molecular weight is 122 g/mol. The van der Waals surface area contributed by atoms with Gasteiger partial charge in [0.1, 0.15) is 0 Å². The van der Waals surface area contributed by atoms with Crippen LogP contribution in [0.15, 0.2) is 16.8 Å². The highest BCUT2D eigenvalue weighted by Crippen LogP contribution is 2.06. The molecule has 1 aliphatic heterocycles. The summed E-state index contributed by atoms with van der Waals surface area (Å²) in [6.07, 6.45) is 4.22. The maximum absolute atomic E-state index is 10.6. The minimum Gasteiger partial charge on any atom is -0.294 e. The van der Waals surface area contributed by atoms with Crippen LogP contribution in [0.1, 0.15) is 12.8 Å². The van der Waals surface area contributed by atoms with E-state index in [1.807, 2.05) is 0 Å². The molecule has 0 unspecified atom stereocenters. The number of hydrogen-bond donors (Lipinski definition) is 0. The fourth-order valence-corrected chi connectivity index (χ4v) is 0.672. The maximum atomic E-state index is 10.6. The maximum Gasteiger partial charge on any atom is 0.162 e. The van der Waals surface area contributed by atoms with Gasteiger partial charge in [0.05, 0.1) is 0 Å². The van der Waals surface area contributed by atoms with Crippen molar-refractivity contribution in [1.29, 1.82) is 0 Å². The molecule has 9 heavy (non-hydrogen) atoms. The molecule has 0 spiro atoms. The number of nitrogens with zero attached hydrogens (tertiary/aromatic N) is 1. The van der Waals surface area contributed by atoms with Gasteiger partial charge in [0.2, 0.25) is 0 Å². The molecule has 0 aromatic rings. The van der Waals surface area contributed by atoms with Gasteiger partial charge in [-0.1, -0.05) is 0 Å². The highest BCUT2D eigenvalue weighted by molar-refractivity contribution is 6.01. The molecule has 0 saturated heterocycles. The normalized spacial score (nSPS) is 17.9. The van der Waals surface area contributed by atoms with Crippen molar-refractivity contribution in [2.75, 3.05) is 0 Å². The summed E-state index contributed by atoms with van der Waals surface area (Å²) in [5.41, 5.74) is 0.784. The molecule has 0 amide bonds. The summed E-state index contributed by atoms with van der Waals surface area (Å²) in [4.78, 5) is 14.6. The van der Waals surface area contributed by atoms with Gasteiger partial charge in [-0.15, -0.1) is 0 Å². The Hall–Kier alpha value is -0.920. The largest absolute Gasteiger partial charge is 0.294 e. The van der Waals surface area contributed by atoms with Crippen molar-refractivity contribution in [3.63, 3.8) is 0 Å². The van der Waals surface area contributed by atoms with E-state index in [1.165, 1.54) is 0 Å². The van der Waals surface area contributed by atoms with Crippen LogP contribution in [0.25, 0.3) is 0 Å². The molecule has 1 radical (unpaired) electrons. The van der Waals surface area contributed by atoms with Gasteiger partial charge < -0.3 is 0 Å². The van der Waals surface area contributed by atoms with Gasteiger partial charge in [-0.25, -0.2) is 0 Å². The molecule has 0 N–H and O–H groups in total. The van der Waals surface area contributed by atoms with Crippen LogP contribution in [0.3, 0.4) is 0 Å². The first-order valence-corrected chi connectivity index (χ1v) is 2.88. The van der Waals surface area contributed by atoms with E-state index in [0.717, 1.165) is 5.70 Å². The van der Waals surface area contributed by atoms with Crippen molar-refractivity contribution in [3.05, 3.63) is 18.7 Å². The predicted octanol–water partition coefficient (Wildman–Crippen LogP) is 1.14. The van der Waals surface area contributed by atoms with Gasteiger partial charge >= 0.3 is 0 Å². The van der Waals surface area contributed by atoms with Crippen LogP contribution in [-0.4, -0.2) is 12.0 Å². The van der Waals surface area contributed by atoms with Gasteiger partial charge in [-0.2, -0.15) is 0 Å². The molecule has 1 aliphatic rings.